The molecule has 0 aliphatic heterocycles. The van der Waals surface area contributed by atoms with Crippen molar-refractivity contribution in [2.24, 2.45) is 10.4 Å². The van der Waals surface area contributed by atoms with Gasteiger partial charge in [-0.05, 0) is 24.3 Å². The average molecular weight is 269 g/mol. The number of para-hydroxylation sites is 1. The van der Waals surface area contributed by atoms with Gasteiger partial charge in [-0.15, -0.1) is 5.11 Å². The maximum atomic E-state index is 11.7. The molecule has 0 atom stereocenters. The van der Waals surface area contributed by atoms with Crippen LogP contribution >= 0.6 is 0 Å². The number of carbonyl (C=O) groups excluding carboxylic acids is 1. The number of benzene rings is 2. The summed E-state index contributed by atoms with van der Waals surface area (Å²) >= 11 is 0. The van der Waals surface area contributed by atoms with Crippen LogP contribution in [0.4, 0.5) is 11.4 Å². The molecule has 0 unspecified atom stereocenters. The summed E-state index contributed by atoms with van der Waals surface area (Å²) in [7, 11) is 3.81. The molecular weight excluding hydrogens is 254 g/mol. The van der Waals surface area contributed by atoms with Crippen molar-refractivity contribution in [2.45, 2.75) is 0 Å². The fourth-order valence-corrected chi connectivity index (χ4v) is 1.66. The largest absolute Gasteiger partial charge is 0.376 e. The highest BCUT2D eigenvalue weighted by atomic mass is 16.7. The smallest absolute Gasteiger partial charge is 0.367 e. The van der Waals surface area contributed by atoms with Crippen molar-refractivity contribution in [1.29, 1.82) is 0 Å². The molecule has 0 bridgehead atoms. The molecule has 0 heterocycles. The monoisotopic (exact) mass is 269 g/mol. The molecule has 5 heteroatoms. The van der Waals surface area contributed by atoms with Crippen LogP contribution in [0.5, 0.6) is 0 Å². The molecule has 0 fully saturated rings. The number of hydrogen-bond donors (Lipinski definition) is 0. The zero-order valence-electron chi connectivity index (χ0n) is 11.4. The Morgan fingerprint density at radius 2 is 1.65 bits per heavy atom. The number of nitrogens with zero attached hydrogens (tertiary/aromatic N) is 3. The molecule has 102 valence electrons. The second-order valence-corrected chi connectivity index (χ2v) is 4.31. The highest BCUT2D eigenvalue weighted by Crippen LogP contribution is 2.26. The Morgan fingerprint density at radius 1 is 1.00 bits per heavy atom. The molecule has 0 saturated carbocycles. The van der Waals surface area contributed by atoms with Crippen LogP contribution < -0.4 is 4.90 Å². The Hall–Kier alpha value is -2.69. The van der Waals surface area contributed by atoms with Crippen molar-refractivity contribution < 1.29 is 9.63 Å². The van der Waals surface area contributed by atoms with Crippen molar-refractivity contribution in [3.8, 4) is 0 Å². The third-order valence-corrected chi connectivity index (χ3v) is 2.65. The van der Waals surface area contributed by atoms with E-state index in [1.807, 2.05) is 43.3 Å². The zero-order valence-corrected chi connectivity index (χ0v) is 11.4. The Labute approximate surface area is 117 Å². The van der Waals surface area contributed by atoms with Crippen LogP contribution in [-0.2, 0) is 4.84 Å². The minimum Gasteiger partial charge on any atom is -0.376 e. The zero-order chi connectivity index (χ0) is 14.4. The number of carbonyl (C=O) groups is 1. The summed E-state index contributed by atoms with van der Waals surface area (Å²) in [6.45, 7) is 0. The van der Waals surface area contributed by atoms with Gasteiger partial charge in [0.05, 0.1) is 11.3 Å². The van der Waals surface area contributed by atoms with Crippen LogP contribution in [0, 0.1) is 0 Å². The van der Waals surface area contributed by atoms with Crippen LogP contribution in [0.2, 0.25) is 0 Å². The summed E-state index contributed by atoms with van der Waals surface area (Å²) < 4.78 is 0. The van der Waals surface area contributed by atoms with Gasteiger partial charge in [0.25, 0.3) is 0 Å². The second kappa shape index (κ2) is 6.47. The Kier molecular flexibility index (Phi) is 4.44. The molecule has 5 nitrogen and oxygen atoms in total. The minimum atomic E-state index is -0.531. The van der Waals surface area contributed by atoms with Gasteiger partial charge in [-0.3, -0.25) is 4.84 Å². The lowest BCUT2D eigenvalue weighted by atomic mass is 10.2. The molecule has 0 aliphatic rings. The van der Waals surface area contributed by atoms with Crippen LogP contribution in [-0.4, -0.2) is 20.1 Å². The topological polar surface area (TPSA) is 54.3 Å². The van der Waals surface area contributed by atoms with E-state index in [4.69, 9.17) is 4.84 Å². The Morgan fingerprint density at radius 3 is 2.35 bits per heavy atom. The summed E-state index contributed by atoms with van der Waals surface area (Å²) in [6, 6.07) is 16.1. The van der Waals surface area contributed by atoms with E-state index in [1.54, 1.807) is 30.3 Å². The van der Waals surface area contributed by atoms with Crippen molar-refractivity contribution in [1.82, 2.24) is 0 Å². The molecule has 2 aromatic carbocycles. The summed E-state index contributed by atoms with van der Waals surface area (Å²) in [5.41, 5.74) is 1.97. The van der Waals surface area contributed by atoms with Gasteiger partial charge in [0, 0.05) is 19.4 Å². The van der Waals surface area contributed by atoms with Crippen LogP contribution in [0.15, 0.2) is 65.0 Å². The predicted molar refractivity (Wildman–Crippen MR) is 77.1 cm³/mol. The van der Waals surface area contributed by atoms with Crippen LogP contribution in [0.1, 0.15) is 10.4 Å². The van der Waals surface area contributed by atoms with Gasteiger partial charge in [-0.2, -0.15) is 0 Å². The van der Waals surface area contributed by atoms with E-state index in [-0.39, 0.29) is 0 Å². The molecule has 20 heavy (non-hydrogen) atoms. The van der Waals surface area contributed by atoms with E-state index in [1.165, 1.54) is 0 Å². The van der Waals surface area contributed by atoms with E-state index >= 15 is 0 Å². The number of anilines is 1. The fourth-order valence-electron chi connectivity index (χ4n) is 1.66. The molecule has 0 radical (unpaired) electrons. The summed E-state index contributed by atoms with van der Waals surface area (Å²) in [5, 5.41) is 7.44. The first-order valence-electron chi connectivity index (χ1n) is 6.12. The van der Waals surface area contributed by atoms with Gasteiger partial charge in [0.2, 0.25) is 0 Å². The number of rotatable bonds is 4. The molecule has 0 aromatic heterocycles. The lowest BCUT2D eigenvalue weighted by Gasteiger charge is -2.13. The minimum absolute atomic E-state index is 0.437. The van der Waals surface area contributed by atoms with Crippen LogP contribution in [0.3, 0.4) is 0 Å². The van der Waals surface area contributed by atoms with Crippen molar-refractivity contribution in [3.63, 3.8) is 0 Å². The first-order valence-corrected chi connectivity index (χ1v) is 6.12. The Bertz CT molecular complexity index is 610. The van der Waals surface area contributed by atoms with Gasteiger partial charge in [-0.25, -0.2) is 4.79 Å². The van der Waals surface area contributed by atoms with Crippen LogP contribution in [0.25, 0.3) is 0 Å². The van der Waals surface area contributed by atoms with Gasteiger partial charge < -0.3 is 4.90 Å². The molecule has 0 N–H and O–H groups in total. The molecule has 0 aliphatic carbocycles. The quantitative estimate of drug-likeness (QED) is 0.629. The lowest BCUT2D eigenvalue weighted by molar-refractivity contribution is 0.0483. The first-order chi connectivity index (χ1) is 9.68. The maximum Gasteiger partial charge on any atom is 0.367 e. The summed E-state index contributed by atoms with van der Waals surface area (Å²) in [6.07, 6.45) is 0. The normalized spacial score (nSPS) is 10.5. The van der Waals surface area contributed by atoms with E-state index in [2.05, 4.69) is 10.4 Å². The molecule has 0 saturated heterocycles. The molecule has 0 amide bonds. The lowest BCUT2D eigenvalue weighted by Crippen LogP contribution is -2.08. The highest BCUT2D eigenvalue weighted by molar-refractivity contribution is 5.89. The standard InChI is InChI=1S/C15H15N3O2/c1-18(2)14-11-7-6-10-13(14)16-17-20-15(19)12-8-4-3-5-9-12/h3-11H,1-2H3. The van der Waals surface area contributed by atoms with Crippen molar-refractivity contribution in [2.75, 3.05) is 19.0 Å². The molecular formula is C15H15N3O2. The average Bonchev–Trinajstić information content (AvgIpc) is 2.48. The van der Waals surface area contributed by atoms with Gasteiger partial charge in [-0.1, -0.05) is 30.3 Å². The Balaban J connectivity index is 2.06. The van der Waals surface area contributed by atoms with Crippen molar-refractivity contribution in [3.05, 3.63) is 60.2 Å². The van der Waals surface area contributed by atoms with Gasteiger partial charge >= 0.3 is 5.97 Å². The number of hydrogen-bond acceptors (Lipinski definition) is 5. The van der Waals surface area contributed by atoms with E-state index in [0.29, 0.717) is 11.3 Å². The highest BCUT2D eigenvalue weighted by Gasteiger charge is 2.06. The summed E-state index contributed by atoms with van der Waals surface area (Å²) in [5.74, 6) is -0.531. The molecule has 2 rings (SSSR count). The molecule has 0 spiro atoms. The van der Waals surface area contributed by atoms with Gasteiger partial charge in [0.1, 0.15) is 5.69 Å². The van der Waals surface area contributed by atoms with Gasteiger partial charge in [0.15, 0.2) is 0 Å². The SMILES string of the molecule is CN(C)c1ccccc1N=NOC(=O)c1ccccc1. The third-order valence-electron chi connectivity index (χ3n) is 2.65. The molecule has 2 aromatic rings. The van der Waals surface area contributed by atoms with E-state index < -0.39 is 5.97 Å². The fraction of sp³-hybridized carbons (Fsp3) is 0.133. The maximum absolute atomic E-state index is 11.7. The van der Waals surface area contributed by atoms with Crippen molar-refractivity contribution >= 4 is 17.3 Å². The second-order valence-electron chi connectivity index (χ2n) is 4.31. The van der Waals surface area contributed by atoms with E-state index in [0.717, 1.165) is 5.69 Å². The predicted octanol–water partition coefficient (Wildman–Crippen LogP) is 3.61. The summed E-state index contributed by atoms with van der Waals surface area (Å²) in [4.78, 5) is 18.3. The van der Waals surface area contributed by atoms with E-state index in [9.17, 15) is 4.79 Å². The third kappa shape index (κ3) is 3.41. The first kappa shape index (κ1) is 13.7.